The second-order valence-electron chi connectivity index (χ2n) is 19.0. The normalized spacial score (nSPS) is 18.4. The van der Waals surface area contributed by atoms with Gasteiger partial charge in [-0.1, -0.05) is 160 Å². The van der Waals surface area contributed by atoms with Crippen LogP contribution in [-0.4, -0.2) is 0 Å². The first-order valence-corrected chi connectivity index (χ1v) is 20.0. The van der Waals surface area contributed by atoms with E-state index in [1.165, 1.54) is 68.5 Å². The highest BCUT2D eigenvalue weighted by Gasteiger charge is 2.57. The summed E-state index contributed by atoms with van der Waals surface area (Å²) in [6, 6.07) is 52.1. The van der Waals surface area contributed by atoms with E-state index in [0.717, 1.165) is 17.1 Å². The van der Waals surface area contributed by atoms with Gasteiger partial charge >= 0.3 is 0 Å². The summed E-state index contributed by atoms with van der Waals surface area (Å²) in [5.74, 6) is 0. The molecule has 6 aromatic rings. The van der Waals surface area contributed by atoms with E-state index < -0.39 is 0 Å². The summed E-state index contributed by atoms with van der Waals surface area (Å²) < 4.78 is 0. The van der Waals surface area contributed by atoms with Crippen LogP contribution in [0.1, 0.15) is 104 Å². The Morgan fingerprint density at radius 1 is 0.352 bits per heavy atom. The van der Waals surface area contributed by atoms with E-state index in [1.807, 2.05) is 0 Å². The summed E-state index contributed by atoms with van der Waals surface area (Å²) in [4.78, 5) is 2.36. The van der Waals surface area contributed by atoms with Gasteiger partial charge in [0.1, 0.15) is 0 Å². The molecule has 0 aliphatic heterocycles. The molecule has 0 fully saturated rings. The summed E-state index contributed by atoms with van der Waals surface area (Å²) in [5.41, 5.74) is 17.5. The highest BCUT2D eigenvalue weighted by molar-refractivity contribution is 5.88. The van der Waals surface area contributed by atoms with Crippen LogP contribution in [0, 0.1) is 5.41 Å². The number of para-hydroxylation sites is 1. The highest BCUT2D eigenvalue weighted by atomic mass is 15.1. The Kier molecular flexibility index (Phi) is 8.42. The van der Waals surface area contributed by atoms with Gasteiger partial charge in [0.05, 0.1) is 0 Å². The van der Waals surface area contributed by atoms with E-state index >= 15 is 0 Å². The van der Waals surface area contributed by atoms with Crippen LogP contribution in [0.4, 0.5) is 17.1 Å². The Morgan fingerprint density at radius 3 is 1.30 bits per heavy atom. The second-order valence-corrected chi connectivity index (χ2v) is 19.0. The first-order chi connectivity index (χ1) is 25.5. The molecule has 274 valence electrons. The maximum atomic E-state index is 2.57. The van der Waals surface area contributed by atoms with Gasteiger partial charge in [-0.3, -0.25) is 0 Å². The molecule has 2 aliphatic carbocycles. The highest BCUT2D eigenvalue weighted by Crippen LogP contribution is 2.63. The third-order valence-corrected chi connectivity index (χ3v) is 14.5. The fraction of sp³-hybridized carbons (Fsp3) is 0.321. The van der Waals surface area contributed by atoms with Gasteiger partial charge in [-0.15, -0.1) is 0 Å². The van der Waals surface area contributed by atoms with Crippen LogP contribution >= 0.6 is 0 Å². The Balaban J connectivity index is 1.27. The number of benzene rings is 6. The average Bonchev–Trinajstić information content (AvgIpc) is 3.27. The fourth-order valence-corrected chi connectivity index (χ4v) is 9.57. The van der Waals surface area contributed by atoms with Crippen LogP contribution in [0.3, 0.4) is 0 Å². The molecule has 0 amide bonds. The van der Waals surface area contributed by atoms with Gasteiger partial charge in [0.15, 0.2) is 0 Å². The number of nitrogens with zero attached hydrogens (tertiary/aromatic N) is 1. The van der Waals surface area contributed by atoms with Gasteiger partial charge < -0.3 is 4.90 Å². The standard InChI is InChI=1S/C53H57N/c1-49(2)31-32-50(3,4)46-33-39(25-30-45(46)49)44-35-48-47(51(5,6)53(9,10)52(48,7)8)34-43(44)38-23-28-42(29-24-38)54(40-19-15-12-16-20-40)41-26-21-37(22-27-41)36-17-13-11-14-18-36/h11-30,33-35H,31-32H2,1-10H3. The predicted octanol–water partition coefficient (Wildman–Crippen LogP) is 15.1. The third kappa shape index (κ3) is 5.66. The molecule has 0 saturated carbocycles. The number of hydrogen-bond acceptors (Lipinski definition) is 1. The molecule has 1 heteroatoms. The van der Waals surface area contributed by atoms with Crippen molar-refractivity contribution >= 4 is 17.1 Å². The molecule has 6 aromatic carbocycles. The topological polar surface area (TPSA) is 3.24 Å². The summed E-state index contributed by atoms with van der Waals surface area (Å²) in [6.45, 7) is 24.5. The van der Waals surface area contributed by atoms with Gasteiger partial charge in [-0.25, -0.2) is 0 Å². The van der Waals surface area contributed by atoms with E-state index in [1.54, 1.807) is 0 Å². The molecule has 2 aliphatic rings. The minimum atomic E-state index is 0.0109. The molecule has 0 heterocycles. The Morgan fingerprint density at radius 2 is 0.759 bits per heavy atom. The summed E-state index contributed by atoms with van der Waals surface area (Å²) >= 11 is 0. The van der Waals surface area contributed by atoms with Crippen LogP contribution < -0.4 is 4.90 Å². The SMILES string of the molecule is CC1(C)CCC(C)(C)c2cc(-c3cc4c(cc3-c3ccc(N(c5ccccc5)c5ccc(-c6ccccc6)cc5)cc3)C(C)(C)C(C)(C)C4(C)C)ccc21. The van der Waals surface area contributed by atoms with Crippen molar-refractivity contribution in [2.24, 2.45) is 5.41 Å². The van der Waals surface area contributed by atoms with Crippen LogP contribution in [-0.2, 0) is 21.7 Å². The van der Waals surface area contributed by atoms with Crippen molar-refractivity contribution in [2.45, 2.75) is 104 Å². The smallest absolute Gasteiger partial charge is 0.0462 e. The van der Waals surface area contributed by atoms with Gasteiger partial charge in [0.2, 0.25) is 0 Å². The molecule has 0 radical (unpaired) electrons. The molecule has 0 saturated heterocycles. The summed E-state index contributed by atoms with van der Waals surface area (Å²) in [5, 5.41) is 0. The maximum Gasteiger partial charge on any atom is 0.0462 e. The Labute approximate surface area is 325 Å². The molecule has 0 atom stereocenters. The first-order valence-electron chi connectivity index (χ1n) is 20.0. The Hall–Kier alpha value is -4.88. The van der Waals surface area contributed by atoms with Crippen molar-refractivity contribution in [1.29, 1.82) is 0 Å². The van der Waals surface area contributed by atoms with Crippen LogP contribution in [0.2, 0.25) is 0 Å². The average molecular weight is 708 g/mol. The van der Waals surface area contributed by atoms with Gasteiger partial charge in [-0.2, -0.15) is 0 Å². The quantitative estimate of drug-likeness (QED) is 0.167. The monoisotopic (exact) mass is 707 g/mol. The van der Waals surface area contributed by atoms with Crippen LogP contribution in [0.15, 0.2) is 140 Å². The summed E-state index contributed by atoms with van der Waals surface area (Å²) in [6.07, 6.45) is 2.43. The van der Waals surface area contributed by atoms with Crippen molar-refractivity contribution in [3.8, 4) is 33.4 Å². The number of anilines is 3. The van der Waals surface area contributed by atoms with E-state index in [4.69, 9.17) is 0 Å². The lowest BCUT2D eigenvalue weighted by atomic mass is 9.59. The van der Waals surface area contributed by atoms with Crippen molar-refractivity contribution in [2.75, 3.05) is 4.90 Å². The number of fused-ring (bicyclic) bond motifs is 2. The van der Waals surface area contributed by atoms with Gasteiger partial charge in [-0.05, 0) is 144 Å². The second kappa shape index (κ2) is 12.6. The molecule has 0 bridgehead atoms. The van der Waals surface area contributed by atoms with E-state index in [2.05, 4.69) is 214 Å². The zero-order chi connectivity index (χ0) is 38.3. The molecule has 0 aromatic heterocycles. The van der Waals surface area contributed by atoms with Crippen molar-refractivity contribution in [3.05, 3.63) is 162 Å². The summed E-state index contributed by atoms with van der Waals surface area (Å²) in [7, 11) is 0. The molecule has 0 N–H and O–H groups in total. The lowest BCUT2D eigenvalue weighted by Gasteiger charge is -2.44. The van der Waals surface area contributed by atoms with Gasteiger partial charge in [0.25, 0.3) is 0 Å². The first kappa shape index (κ1) is 36.1. The van der Waals surface area contributed by atoms with Crippen molar-refractivity contribution in [3.63, 3.8) is 0 Å². The molecular weight excluding hydrogens is 651 g/mol. The number of hydrogen-bond donors (Lipinski definition) is 0. The van der Waals surface area contributed by atoms with E-state index in [-0.39, 0.29) is 27.1 Å². The fourth-order valence-electron chi connectivity index (χ4n) is 9.57. The van der Waals surface area contributed by atoms with E-state index in [0.29, 0.717) is 0 Å². The van der Waals surface area contributed by atoms with E-state index in [9.17, 15) is 0 Å². The molecule has 0 unspecified atom stereocenters. The van der Waals surface area contributed by atoms with Crippen molar-refractivity contribution in [1.82, 2.24) is 0 Å². The molecule has 0 spiro atoms. The lowest BCUT2D eigenvalue weighted by molar-refractivity contribution is 0.125. The zero-order valence-corrected chi connectivity index (χ0v) is 34.1. The Bertz CT molecular complexity index is 2320. The van der Waals surface area contributed by atoms with Crippen LogP contribution in [0.25, 0.3) is 33.4 Å². The maximum absolute atomic E-state index is 2.57. The minimum Gasteiger partial charge on any atom is -0.311 e. The van der Waals surface area contributed by atoms with Gasteiger partial charge in [0, 0.05) is 17.1 Å². The molecule has 1 nitrogen and oxygen atoms in total. The van der Waals surface area contributed by atoms with Crippen molar-refractivity contribution < 1.29 is 0 Å². The number of rotatable bonds is 6. The molecule has 8 rings (SSSR count). The minimum absolute atomic E-state index is 0.0109. The zero-order valence-electron chi connectivity index (χ0n) is 34.1. The lowest BCUT2D eigenvalue weighted by Crippen LogP contribution is -2.42. The predicted molar refractivity (Wildman–Crippen MR) is 233 cm³/mol. The third-order valence-electron chi connectivity index (χ3n) is 14.5. The largest absolute Gasteiger partial charge is 0.311 e. The van der Waals surface area contributed by atoms with Crippen LogP contribution in [0.5, 0.6) is 0 Å². The molecular formula is C53H57N. The molecule has 54 heavy (non-hydrogen) atoms.